The van der Waals surface area contributed by atoms with Crippen molar-refractivity contribution in [1.29, 1.82) is 0 Å². The average molecular weight is 769 g/mol. The Bertz CT molecular complexity index is 3110. The lowest BCUT2D eigenvalue weighted by atomic mass is 9.85. The summed E-state index contributed by atoms with van der Waals surface area (Å²) in [6, 6.07) is 55.5. The molecule has 0 unspecified atom stereocenters. The van der Waals surface area contributed by atoms with E-state index in [1.165, 1.54) is 5.56 Å². The van der Waals surface area contributed by atoms with Gasteiger partial charge in [0.15, 0.2) is 0 Å². The van der Waals surface area contributed by atoms with Gasteiger partial charge in [0.25, 0.3) is 0 Å². The third-order valence-corrected chi connectivity index (χ3v) is 11.1. The molecule has 0 bridgehead atoms. The van der Waals surface area contributed by atoms with Crippen molar-refractivity contribution in [3.63, 3.8) is 0 Å². The largest absolute Gasteiger partial charge is 0.507 e. The second-order valence-electron chi connectivity index (χ2n) is 16.5. The molecular weight excluding hydrogens is 719 g/mol. The van der Waals surface area contributed by atoms with E-state index < -0.39 is 6.85 Å². The van der Waals surface area contributed by atoms with Crippen molar-refractivity contribution < 1.29 is 9.22 Å². The van der Waals surface area contributed by atoms with Crippen LogP contribution in [0.4, 0.5) is 0 Å². The van der Waals surface area contributed by atoms with Crippen LogP contribution in [0.15, 0.2) is 170 Å². The Morgan fingerprint density at radius 2 is 1.20 bits per heavy atom. The molecule has 0 spiro atoms. The number of imidazole rings is 1. The highest BCUT2D eigenvalue weighted by molar-refractivity contribution is 5.98. The molecule has 0 atom stereocenters. The predicted molar refractivity (Wildman–Crippen MR) is 246 cm³/mol. The van der Waals surface area contributed by atoms with E-state index in [9.17, 15) is 5.11 Å². The number of para-hydroxylation sites is 1. The number of aryl methyl sites for hydroxylation is 3. The van der Waals surface area contributed by atoms with Crippen molar-refractivity contribution in [3.8, 4) is 78.6 Å². The minimum atomic E-state index is -2.17. The van der Waals surface area contributed by atoms with Gasteiger partial charge >= 0.3 is 0 Å². The normalized spacial score (nSPS) is 12.6. The maximum atomic E-state index is 11.8. The summed E-state index contributed by atoms with van der Waals surface area (Å²) in [6.07, 6.45) is 1.80. The van der Waals surface area contributed by atoms with Gasteiger partial charge in [0.2, 0.25) is 0 Å². The number of benzene rings is 7. The number of phenolic OH excluding ortho intramolecular Hbond substituents is 1. The van der Waals surface area contributed by atoms with Crippen LogP contribution in [0.2, 0.25) is 0 Å². The molecule has 0 aliphatic heterocycles. The zero-order chi connectivity index (χ0) is 43.3. The van der Waals surface area contributed by atoms with Crippen LogP contribution in [-0.4, -0.2) is 19.6 Å². The van der Waals surface area contributed by atoms with E-state index in [2.05, 4.69) is 122 Å². The summed E-state index contributed by atoms with van der Waals surface area (Å²) >= 11 is 0. The molecule has 1 N–H and O–H groups in total. The minimum Gasteiger partial charge on any atom is -0.507 e. The van der Waals surface area contributed by atoms with Crippen molar-refractivity contribution in [2.45, 2.75) is 46.9 Å². The molecule has 2 heterocycles. The van der Waals surface area contributed by atoms with Gasteiger partial charge in [-0.2, -0.15) is 0 Å². The number of hydrogen-bond donors (Lipinski definition) is 1. The molecule has 0 aliphatic carbocycles. The van der Waals surface area contributed by atoms with Crippen molar-refractivity contribution >= 4 is 11.0 Å². The first kappa shape index (κ1) is 34.0. The number of rotatable bonds is 7. The Kier molecular flexibility index (Phi) is 8.68. The molecule has 59 heavy (non-hydrogen) atoms. The van der Waals surface area contributed by atoms with Crippen LogP contribution < -0.4 is 0 Å². The van der Waals surface area contributed by atoms with Crippen LogP contribution in [-0.2, 0) is 5.41 Å². The maximum absolute atomic E-state index is 11.8. The molecule has 0 fully saturated rings. The van der Waals surface area contributed by atoms with E-state index in [4.69, 9.17) is 14.1 Å². The molecule has 0 radical (unpaired) electrons. The standard InChI is InChI=1S/C55H47N3O/c1-35-20-22-40(23-21-35)41-24-25-56-50(33-41)45-29-42(38-14-9-7-10-15-38)28-44(30-45)48-18-13-19-51-52(48)57-54(49-27-36(2)26-37(3)53(49)59)58(51)47-32-43(39-16-11-8-12-17-39)31-46(34-47)55(4,5)6/h7-34,59H,1-6H3/i1D3. The van der Waals surface area contributed by atoms with Gasteiger partial charge in [-0.1, -0.05) is 136 Å². The summed E-state index contributed by atoms with van der Waals surface area (Å²) in [6.45, 7) is 8.52. The van der Waals surface area contributed by atoms with Gasteiger partial charge in [0.05, 0.1) is 22.3 Å². The fourth-order valence-electron chi connectivity index (χ4n) is 8.03. The summed E-state index contributed by atoms with van der Waals surface area (Å²) in [7, 11) is 0. The van der Waals surface area contributed by atoms with Gasteiger partial charge in [-0.3, -0.25) is 9.55 Å². The Balaban J connectivity index is 1.29. The van der Waals surface area contributed by atoms with Crippen LogP contribution >= 0.6 is 0 Å². The first-order valence-electron chi connectivity index (χ1n) is 21.5. The topological polar surface area (TPSA) is 50.9 Å². The third-order valence-electron chi connectivity index (χ3n) is 11.1. The van der Waals surface area contributed by atoms with E-state index in [0.717, 1.165) is 83.6 Å². The number of nitrogens with zero attached hydrogens (tertiary/aromatic N) is 3. The van der Waals surface area contributed by atoms with Crippen molar-refractivity contribution in [2.24, 2.45) is 0 Å². The van der Waals surface area contributed by atoms with E-state index in [1.807, 2.05) is 68.4 Å². The van der Waals surface area contributed by atoms with Gasteiger partial charge < -0.3 is 5.11 Å². The highest BCUT2D eigenvalue weighted by Crippen LogP contribution is 2.42. The number of aromatic hydroxyl groups is 1. The fourth-order valence-corrected chi connectivity index (χ4v) is 8.03. The summed E-state index contributed by atoms with van der Waals surface area (Å²) < 4.78 is 25.7. The highest BCUT2D eigenvalue weighted by atomic mass is 16.3. The summed E-state index contributed by atoms with van der Waals surface area (Å²) in [5.74, 6) is 0.858. The molecule has 2 aromatic heterocycles. The third kappa shape index (κ3) is 7.35. The minimum absolute atomic E-state index is 0.149. The van der Waals surface area contributed by atoms with Crippen molar-refractivity contribution in [2.75, 3.05) is 0 Å². The molecule has 0 saturated carbocycles. The molecule has 0 amide bonds. The molecular formula is C55H47N3O. The molecule has 9 rings (SSSR count). The van der Waals surface area contributed by atoms with Crippen LogP contribution in [0.1, 0.15) is 47.1 Å². The SMILES string of the molecule is [2H]C([2H])([2H])c1ccc(-c2ccnc(-c3cc(-c4ccccc4)cc(-c4cccc5c4nc(-c4cc(C)cc(C)c4O)n5-c4cc(-c5ccccc5)cc(C(C)(C)C)c4)c3)c2)cc1. The average Bonchev–Trinajstić information content (AvgIpc) is 3.67. The van der Waals surface area contributed by atoms with E-state index >= 15 is 0 Å². The second kappa shape index (κ2) is 15.0. The number of phenols is 1. The summed E-state index contributed by atoms with van der Waals surface area (Å²) in [4.78, 5) is 10.4. The lowest BCUT2D eigenvalue weighted by Gasteiger charge is -2.23. The van der Waals surface area contributed by atoms with E-state index in [0.29, 0.717) is 17.0 Å². The highest BCUT2D eigenvalue weighted by Gasteiger charge is 2.24. The Morgan fingerprint density at radius 3 is 1.90 bits per heavy atom. The smallest absolute Gasteiger partial charge is 0.149 e. The number of fused-ring (bicyclic) bond motifs is 1. The van der Waals surface area contributed by atoms with Gasteiger partial charge in [-0.15, -0.1) is 0 Å². The predicted octanol–water partition coefficient (Wildman–Crippen LogP) is 14.4. The van der Waals surface area contributed by atoms with Crippen LogP contribution in [0, 0.1) is 20.7 Å². The Labute approximate surface area is 351 Å². The van der Waals surface area contributed by atoms with E-state index in [-0.39, 0.29) is 11.2 Å². The molecule has 0 saturated heterocycles. The lowest BCUT2D eigenvalue weighted by molar-refractivity contribution is 0.472. The fraction of sp³-hybridized carbons (Fsp3) is 0.127. The Morgan fingerprint density at radius 1 is 0.542 bits per heavy atom. The zero-order valence-corrected chi connectivity index (χ0v) is 34.0. The van der Waals surface area contributed by atoms with Gasteiger partial charge in [-0.05, 0) is 136 Å². The number of hydrogen-bond acceptors (Lipinski definition) is 3. The zero-order valence-electron chi connectivity index (χ0n) is 37.0. The Hall–Kier alpha value is -7.04. The summed E-state index contributed by atoms with van der Waals surface area (Å²) in [5.41, 5.74) is 16.3. The monoisotopic (exact) mass is 768 g/mol. The molecule has 0 aliphatic rings. The number of pyridine rings is 1. The quantitative estimate of drug-likeness (QED) is 0.176. The van der Waals surface area contributed by atoms with Gasteiger partial charge in [-0.25, -0.2) is 4.98 Å². The first-order chi connectivity index (χ1) is 29.7. The van der Waals surface area contributed by atoms with Crippen LogP contribution in [0.3, 0.4) is 0 Å². The molecule has 7 aromatic carbocycles. The summed E-state index contributed by atoms with van der Waals surface area (Å²) in [5, 5.41) is 11.8. The van der Waals surface area contributed by atoms with Crippen molar-refractivity contribution in [3.05, 3.63) is 192 Å². The molecule has 4 heteroatoms. The maximum Gasteiger partial charge on any atom is 0.149 e. The van der Waals surface area contributed by atoms with Crippen molar-refractivity contribution in [1.82, 2.24) is 14.5 Å². The van der Waals surface area contributed by atoms with Gasteiger partial charge in [0, 0.05) is 27.1 Å². The molecule has 288 valence electrons. The van der Waals surface area contributed by atoms with Crippen LogP contribution in [0.25, 0.3) is 83.9 Å². The van der Waals surface area contributed by atoms with Crippen LogP contribution in [0.5, 0.6) is 5.75 Å². The lowest BCUT2D eigenvalue weighted by Crippen LogP contribution is -2.12. The second-order valence-corrected chi connectivity index (χ2v) is 16.5. The van der Waals surface area contributed by atoms with Gasteiger partial charge in [0.1, 0.15) is 11.6 Å². The first-order valence-corrected chi connectivity index (χ1v) is 20.0. The van der Waals surface area contributed by atoms with E-state index in [1.54, 1.807) is 18.3 Å². The number of aromatic nitrogens is 3. The molecule has 9 aromatic rings. The molecule has 4 nitrogen and oxygen atoms in total.